The summed E-state index contributed by atoms with van der Waals surface area (Å²) in [6.07, 6.45) is 0. The molecule has 0 unspecified atom stereocenters. The molecule has 0 saturated heterocycles. The molecule has 6 nitrogen and oxygen atoms in total. The summed E-state index contributed by atoms with van der Waals surface area (Å²) in [5, 5.41) is 2.91. The molecular formula is C28H22N2O4. The predicted molar refractivity (Wildman–Crippen MR) is 131 cm³/mol. The van der Waals surface area contributed by atoms with Gasteiger partial charge in [-0.15, -0.1) is 0 Å². The number of hydrogen-bond acceptors (Lipinski definition) is 5. The van der Waals surface area contributed by atoms with Gasteiger partial charge in [0.1, 0.15) is 17.9 Å². The minimum atomic E-state index is -0.276. The van der Waals surface area contributed by atoms with Crippen LogP contribution in [-0.4, -0.2) is 18.0 Å². The van der Waals surface area contributed by atoms with Gasteiger partial charge in [-0.2, -0.15) is 0 Å². The van der Waals surface area contributed by atoms with Gasteiger partial charge < -0.3 is 19.2 Å². The monoisotopic (exact) mass is 450 g/mol. The standard InChI is InChI=1S/C28H22N2O4/c1-32-25-17-21(16-24-26(25)34-28(30-24)20-10-6-3-7-11-20)27(31)29-22-12-14-23(15-13-22)33-18-19-8-4-2-5-9-19/h2-17H,18H2,1H3,(H,29,31). The fourth-order valence-corrected chi connectivity index (χ4v) is 3.57. The van der Waals surface area contributed by atoms with Crippen LogP contribution in [-0.2, 0) is 6.61 Å². The molecule has 4 aromatic carbocycles. The summed E-state index contributed by atoms with van der Waals surface area (Å²) in [6, 6.07) is 30.1. The second-order valence-corrected chi connectivity index (χ2v) is 7.66. The third kappa shape index (κ3) is 4.61. The molecule has 0 atom stereocenters. The van der Waals surface area contributed by atoms with Crippen LogP contribution < -0.4 is 14.8 Å². The van der Waals surface area contributed by atoms with Crippen molar-refractivity contribution in [2.75, 3.05) is 12.4 Å². The van der Waals surface area contributed by atoms with Crippen LogP contribution in [0.15, 0.2) is 101 Å². The average molecular weight is 450 g/mol. The summed E-state index contributed by atoms with van der Waals surface area (Å²) in [6.45, 7) is 0.481. The Kier molecular flexibility index (Phi) is 5.95. The normalized spacial score (nSPS) is 10.7. The van der Waals surface area contributed by atoms with Gasteiger partial charge in [0.25, 0.3) is 5.91 Å². The smallest absolute Gasteiger partial charge is 0.255 e. The highest BCUT2D eigenvalue weighted by Crippen LogP contribution is 2.32. The van der Waals surface area contributed by atoms with Gasteiger partial charge in [0.15, 0.2) is 11.3 Å². The SMILES string of the molecule is COc1cc(C(=O)Nc2ccc(OCc3ccccc3)cc2)cc2nc(-c3ccccc3)oc12. The van der Waals surface area contributed by atoms with Gasteiger partial charge in [-0.25, -0.2) is 4.98 Å². The van der Waals surface area contributed by atoms with Gasteiger partial charge in [-0.3, -0.25) is 4.79 Å². The molecule has 1 N–H and O–H groups in total. The number of rotatable bonds is 7. The molecule has 0 saturated carbocycles. The van der Waals surface area contributed by atoms with E-state index < -0.39 is 0 Å². The van der Waals surface area contributed by atoms with Crippen LogP contribution in [0.5, 0.6) is 11.5 Å². The third-order valence-corrected chi connectivity index (χ3v) is 5.32. The fourth-order valence-electron chi connectivity index (χ4n) is 3.57. The number of methoxy groups -OCH3 is 1. The molecule has 0 spiro atoms. The summed E-state index contributed by atoms with van der Waals surface area (Å²) in [5.41, 5.74) is 4.06. The Bertz CT molecular complexity index is 1410. The number of fused-ring (bicyclic) bond motifs is 1. The molecule has 0 bridgehead atoms. The highest BCUT2D eigenvalue weighted by molar-refractivity contribution is 6.06. The minimum Gasteiger partial charge on any atom is -0.493 e. The molecule has 0 fully saturated rings. The van der Waals surface area contributed by atoms with Gasteiger partial charge in [0.2, 0.25) is 5.89 Å². The highest BCUT2D eigenvalue weighted by Gasteiger charge is 2.17. The lowest BCUT2D eigenvalue weighted by molar-refractivity contribution is 0.102. The van der Waals surface area contributed by atoms with Crippen molar-refractivity contribution in [3.63, 3.8) is 0 Å². The van der Waals surface area contributed by atoms with E-state index in [1.54, 1.807) is 24.3 Å². The van der Waals surface area contributed by atoms with E-state index in [4.69, 9.17) is 13.9 Å². The zero-order valence-electron chi connectivity index (χ0n) is 18.5. The first-order chi connectivity index (χ1) is 16.7. The fraction of sp³-hybridized carbons (Fsp3) is 0.0714. The number of hydrogen-bond donors (Lipinski definition) is 1. The molecule has 34 heavy (non-hydrogen) atoms. The average Bonchev–Trinajstić information content (AvgIpc) is 3.33. The number of benzene rings is 4. The Labute approximate surface area is 196 Å². The third-order valence-electron chi connectivity index (χ3n) is 5.32. The molecule has 6 heteroatoms. The lowest BCUT2D eigenvalue weighted by Crippen LogP contribution is -2.12. The van der Waals surface area contributed by atoms with Crippen molar-refractivity contribution in [3.05, 3.63) is 108 Å². The quantitative estimate of drug-likeness (QED) is 0.313. The van der Waals surface area contributed by atoms with Crippen molar-refractivity contribution in [2.24, 2.45) is 0 Å². The summed E-state index contributed by atoms with van der Waals surface area (Å²) in [4.78, 5) is 17.5. The van der Waals surface area contributed by atoms with E-state index >= 15 is 0 Å². The summed E-state index contributed by atoms with van der Waals surface area (Å²) in [7, 11) is 1.54. The van der Waals surface area contributed by atoms with Gasteiger partial charge in [-0.1, -0.05) is 48.5 Å². The predicted octanol–water partition coefficient (Wildman–Crippen LogP) is 6.33. The van der Waals surface area contributed by atoms with Crippen molar-refractivity contribution >= 4 is 22.7 Å². The Morgan fingerprint density at radius 1 is 0.912 bits per heavy atom. The molecule has 0 aliphatic carbocycles. The maximum Gasteiger partial charge on any atom is 0.255 e. The Morgan fingerprint density at radius 3 is 2.32 bits per heavy atom. The number of aromatic nitrogens is 1. The van der Waals surface area contributed by atoms with Crippen molar-refractivity contribution < 1.29 is 18.7 Å². The number of nitrogens with one attached hydrogen (secondary N) is 1. The van der Waals surface area contributed by atoms with Crippen LogP contribution in [0.4, 0.5) is 5.69 Å². The van der Waals surface area contributed by atoms with Gasteiger partial charge in [0, 0.05) is 16.8 Å². The summed E-state index contributed by atoms with van der Waals surface area (Å²) in [5.74, 6) is 1.36. The van der Waals surface area contributed by atoms with Crippen molar-refractivity contribution in [1.29, 1.82) is 0 Å². The van der Waals surface area contributed by atoms with Crippen LogP contribution in [0.1, 0.15) is 15.9 Å². The Morgan fingerprint density at radius 2 is 1.62 bits per heavy atom. The Hall–Kier alpha value is -4.58. The lowest BCUT2D eigenvalue weighted by Gasteiger charge is -2.09. The van der Waals surface area contributed by atoms with E-state index in [0.717, 1.165) is 16.9 Å². The highest BCUT2D eigenvalue weighted by atomic mass is 16.5. The van der Waals surface area contributed by atoms with Crippen LogP contribution in [0.2, 0.25) is 0 Å². The van der Waals surface area contributed by atoms with Gasteiger partial charge in [0.05, 0.1) is 7.11 Å². The van der Waals surface area contributed by atoms with E-state index in [-0.39, 0.29) is 5.91 Å². The van der Waals surface area contributed by atoms with Crippen molar-refractivity contribution in [3.8, 4) is 23.0 Å². The Balaban J connectivity index is 1.32. The van der Waals surface area contributed by atoms with Crippen LogP contribution in [0, 0.1) is 0 Å². The van der Waals surface area contributed by atoms with E-state index in [1.807, 2.05) is 72.8 Å². The number of carbonyl (C=O) groups excluding carboxylic acids is 1. The molecule has 0 radical (unpaired) electrons. The van der Waals surface area contributed by atoms with Crippen LogP contribution >= 0.6 is 0 Å². The number of oxazole rings is 1. The zero-order valence-corrected chi connectivity index (χ0v) is 18.5. The van der Waals surface area contributed by atoms with Crippen LogP contribution in [0.25, 0.3) is 22.6 Å². The molecule has 1 aromatic heterocycles. The molecule has 5 aromatic rings. The summed E-state index contributed by atoms with van der Waals surface area (Å²) < 4.78 is 17.2. The summed E-state index contributed by atoms with van der Waals surface area (Å²) >= 11 is 0. The number of nitrogens with zero attached hydrogens (tertiary/aromatic N) is 1. The maximum atomic E-state index is 12.9. The molecule has 1 heterocycles. The topological polar surface area (TPSA) is 73.6 Å². The minimum absolute atomic E-state index is 0.276. The molecule has 5 rings (SSSR count). The number of anilines is 1. The van der Waals surface area contributed by atoms with Gasteiger partial charge in [-0.05, 0) is 54.1 Å². The van der Waals surface area contributed by atoms with Crippen molar-refractivity contribution in [1.82, 2.24) is 4.98 Å². The van der Waals surface area contributed by atoms with E-state index in [2.05, 4.69) is 10.3 Å². The zero-order chi connectivity index (χ0) is 23.3. The first-order valence-electron chi connectivity index (χ1n) is 10.8. The van der Waals surface area contributed by atoms with E-state index in [1.165, 1.54) is 7.11 Å². The van der Waals surface area contributed by atoms with E-state index in [9.17, 15) is 4.79 Å². The first-order valence-corrected chi connectivity index (χ1v) is 10.8. The molecule has 0 aliphatic heterocycles. The van der Waals surface area contributed by atoms with E-state index in [0.29, 0.717) is 40.6 Å². The largest absolute Gasteiger partial charge is 0.493 e. The molecule has 168 valence electrons. The van der Waals surface area contributed by atoms with Crippen LogP contribution in [0.3, 0.4) is 0 Å². The molecule has 0 aliphatic rings. The lowest BCUT2D eigenvalue weighted by atomic mass is 10.1. The second kappa shape index (κ2) is 9.50. The number of amides is 1. The first kappa shape index (κ1) is 21.3. The number of carbonyl (C=O) groups is 1. The molecule has 1 amide bonds. The van der Waals surface area contributed by atoms with Crippen molar-refractivity contribution in [2.45, 2.75) is 6.61 Å². The maximum absolute atomic E-state index is 12.9. The second-order valence-electron chi connectivity index (χ2n) is 7.66. The molecular weight excluding hydrogens is 428 g/mol. The number of ether oxygens (including phenoxy) is 2. The van der Waals surface area contributed by atoms with Gasteiger partial charge >= 0.3 is 0 Å².